The molecule has 0 spiro atoms. The number of anilines is 2. The molecule has 2 aromatic carbocycles. The summed E-state index contributed by atoms with van der Waals surface area (Å²) in [4.78, 5) is 20.8. The van der Waals surface area contributed by atoms with E-state index < -0.39 is 15.9 Å². The number of carbonyl (C=O) groups is 1. The van der Waals surface area contributed by atoms with Crippen molar-refractivity contribution >= 4 is 50.8 Å². The van der Waals surface area contributed by atoms with E-state index in [1.165, 1.54) is 36.4 Å². The number of hydrogen-bond donors (Lipinski definition) is 2. The Balaban J connectivity index is 1.71. The minimum Gasteiger partial charge on any atom is -0.490 e. The zero-order chi connectivity index (χ0) is 24.9. The Labute approximate surface area is 208 Å². The Morgan fingerprint density at radius 1 is 1.00 bits per heavy atom. The summed E-state index contributed by atoms with van der Waals surface area (Å²) < 4.78 is 33.3. The first-order valence-corrected chi connectivity index (χ1v) is 12.7. The third kappa shape index (κ3) is 6.59. The molecule has 0 atom stereocenters. The number of benzene rings is 2. The van der Waals surface area contributed by atoms with Crippen LogP contribution < -0.4 is 14.8 Å². The van der Waals surface area contributed by atoms with Gasteiger partial charge in [0, 0.05) is 22.6 Å². The molecule has 0 unspecified atom stereocenters. The van der Waals surface area contributed by atoms with Crippen molar-refractivity contribution < 1.29 is 17.9 Å². The van der Waals surface area contributed by atoms with Gasteiger partial charge in [0.25, 0.3) is 15.9 Å². The fraction of sp³-hybridized carbons (Fsp3) is 0.261. The van der Waals surface area contributed by atoms with Crippen LogP contribution in [-0.4, -0.2) is 30.9 Å². The molecular formula is C23H24Cl2N4O4S. The Morgan fingerprint density at radius 3 is 2.15 bits per heavy atom. The first kappa shape index (κ1) is 25.7. The SMILES string of the molecule is CCCCOc1c(Cl)cc(C(=O)Nc2ccc(S(=O)(=O)Nc3nc(C)cc(C)n3)cc2)cc1Cl. The summed E-state index contributed by atoms with van der Waals surface area (Å²) in [5, 5.41) is 3.15. The Bertz CT molecular complexity index is 1260. The number of hydrogen-bond acceptors (Lipinski definition) is 6. The van der Waals surface area contributed by atoms with Gasteiger partial charge in [-0.2, -0.15) is 0 Å². The fourth-order valence-electron chi connectivity index (χ4n) is 3.02. The van der Waals surface area contributed by atoms with Crippen molar-refractivity contribution in [3.05, 3.63) is 69.5 Å². The molecule has 0 aliphatic carbocycles. The predicted molar refractivity (Wildman–Crippen MR) is 134 cm³/mol. The van der Waals surface area contributed by atoms with Gasteiger partial charge in [0.2, 0.25) is 5.95 Å². The number of rotatable bonds is 9. The summed E-state index contributed by atoms with van der Waals surface area (Å²) in [5.41, 5.74) is 1.92. The maximum absolute atomic E-state index is 12.7. The summed E-state index contributed by atoms with van der Waals surface area (Å²) in [6.07, 6.45) is 1.82. The second-order valence-corrected chi connectivity index (χ2v) is 10.0. The lowest BCUT2D eigenvalue weighted by Gasteiger charge is -2.12. The van der Waals surface area contributed by atoms with Crippen LogP contribution in [0.25, 0.3) is 0 Å². The van der Waals surface area contributed by atoms with Crippen LogP contribution in [-0.2, 0) is 10.0 Å². The maximum Gasteiger partial charge on any atom is 0.264 e. The molecule has 0 radical (unpaired) electrons. The Kier molecular flexibility index (Phi) is 8.35. The predicted octanol–water partition coefficient (Wildman–Crippen LogP) is 5.63. The molecule has 0 aliphatic rings. The molecule has 3 rings (SSSR count). The molecule has 2 N–H and O–H groups in total. The molecule has 8 nitrogen and oxygen atoms in total. The lowest BCUT2D eigenvalue weighted by atomic mass is 10.2. The minimum absolute atomic E-state index is 0.00655. The van der Waals surface area contributed by atoms with Crippen molar-refractivity contribution in [2.24, 2.45) is 0 Å². The summed E-state index contributed by atoms with van der Waals surface area (Å²) in [6, 6.07) is 10.4. The second-order valence-electron chi connectivity index (χ2n) is 7.53. The number of aromatic nitrogens is 2. The van der Waals surface area contributed by atoms with Gasteiger partial charge in [0.1, 0.15) is 0 Å². The molecule has 34 heavy (non-hydrogen) atoms. The highest BCUT2D eigenvalue weighted by Crippen LogP contribution is 2.34. The van der Waals surface area contributed by atoms with Crippen molar-refractivity contribution in [1.82, 2.24) is 9.97 Å². The van der Waals surface area contributed by atoms with Crippen LogP contribution in [0.3, 0.4) is 0 Å². The highest BCUT2D eigenvalue weighted by molar-refractivity contribution is 7.92. The number of ether oxygens (including phenoxy) is 1. The average Bonchev–Trinajstić information content (AvgIpc) is 2.75. The first-order chi connectivity index (χ1) is 16.1. The summed E-state index contributed by atoms with van der Waals surface area (Å²) in [5.74, 6) is -0.129. The van der Waals surface area contributed by atoms with Crippen LogP contribution in [0.1, 0.15) is 41.5 Å². The van der Waals surface area contributed by atoms with Crippen LogP contribution in [0.15, 0.2) is 47.4 Å². The molecule has 0 saturated carbocycles. The van der Waals surface area contributed by atoms with Gasteiger partial charge in [-0.05, 0) is 62.7 Å². The number of amides is 1. The quantitative estimate of drug-likeness (QED) is 0.352. The van der Waals surface area contributed by atoms with Crippen LogP contribution in [0.5, 0.6) is 5.75 Å². The zero-order valence-electron chi connectivity index (χ0n) is 18.9. The van der Waals surface area contributed by atoms with Crippen LogP contribution in [0.2, 0.25) is 10.0 Å². The molecule has 1 amide bonds. The molecule has 180 valence electrons. The van der Waals surface area contributed by atoms with Crippen molar-refractivity contribution in [3.63, 3.8) is 0 Å². The van der Waals surface area contributed by atoms with Crippen molar-refractivity contribution in [2.45, 2.75) is 38.5 Å². The smallest absolute Gasteiger partial charge is 0.264 e. The molecule has 1 aromatic heterocycles. The van der Waals surface area contributed by atoms with Gasteiger partial charge in [-0.3, -0.25) is 4.79 Å². The van der Waals surface area contributed by atoms with Gasteiger partial charge >= 0.3 is 0 Å². The van der Waals surface area contributed by atoms with Gasteiger partial charge in [-0.25, -0.2) is 23.1 Å². The van der Waals surface area contributed by atoms with Crippen molar-refractivity contribution in [1.29, 1.82) is 0 Å². The number of unbranched alkanes of at least 4 members (excludes halogenated alkanes) is 1. The number of carbonyl (C=O) groups excluding carboxylic acids is 1. The van der Waals surface area contributed by atoms with E-state index in [0.29, 0.717) is 29.4 Å². The number of aryl methyl sites for hydroxylation is 2. The van der Waals surface area contributed by atoms with Crippen LogP contribution in [0, 0.1) is 13.8 Å². The third-order valence-corrected chi connectivity index (χ3v) is 6.54. The van der Waals surface area contributed by atoms with Gasteiger partial charge in [-0.15, -0.1) is 0 Å². The molecule has 11 heteroatoms. The zero-order valence-corrected chi connectivity index (χ0v) is 21.2. The monoisotopic (exact) mass is 522 g/mol. The topological polar surface area (TPSA) is 110 Å². The highest BCUT2D eigenvalue weighted by atomic mass is 35.5. The Morgan fingerprint density at radius 2 is 1.59 bits per heavy atom. The summed E-state index contributed by atoms with van der Waals surface area (Å²) in [7, 11) is -3.91. The molecule has 0 aliphatic heterocycles. The fourth-order valence-corrected chi connectivity index (χ4v) is 4.56. The number of nitrogens with one attached hydrogen (secondary N) is 2. The number of halogens is 2. The standard InChI is InChI=1S/C23H24Cl2N4O4S/c1-4-5-10-33-21-19(24)12-16(13-20(21)25)22(30)28-17-6-8-18(9-7-17)34(31,32)29-23-26-14(2)11-15(3)27-23/h6-9,11-13H,4-5,10H2,1-3H3,(H,28,30)(H,26,27,29). The van der Waals surface area contributed by atoms with Crippen molar-refractivity contribution in [2.75, 3.05) is 16.6 Å². The first-order valence-electron chi connectivity index (χ1n) is 10.5. The second kappa shape index (κ2) is 11.0. The molecule has 1 heterocycles. The van der Waals surface area contributed by atoms with Crippen LogP contribution in [0.4, 0.5) is 11.6 Å². The van der Waals surface area contributed by atoms with E-state index in [0.717, 1.165) is 12.8 Å². The van der Waals surface area contributed by atoms with Gasteiger partial charge in [-0.1, -0.05) is 36.5 Å². The number of sulfonamides is 1. The van der Waals surface area contributed by atoms with Crippen molar-refractivity contribution in [3.8, 4) is 5.75 Å². The third-order valence-electron chi connectivity index (χ3n) is 4.64. The molecule has 3 aromatic rings. The lowest BCUT2D eigenvalue weighted by molar-refractivity contribution is 0.102. The molecule has 0 saturated heterocycles. The normalized spacial score (nSPS) is 11.2. The minimum atomic E-state index is -3.91. The lowest BCUT2D eigenvalue weighted by Crippen LogP contribution is -2.16. The van der Waals surface area contributed by atoms with E-state index in [4.69, 9.17) is 27.9 Å². The van der Waals surface area contributed by atoms with E-state index in [-0.39, 0.29) is 26.5 Å². The van der Waals surface area contributed by atoms with Gasteiger partial charge in [0.15, 0.2) is 5.75 Å². The van der Waals surface area contributed by atoms with E-state index in [1.807, 2.05) is 6.92 Å². The largest absolute Gasteiger partial charge is 0.490 e. The van der Waals surface area contributed by atoms with Gasteiger partial charge in [0.05, 0.1) is 21.5 Å². The van der Waals surface area contributed by atoms with E-state index >= 15 is 0 Å². The molecule has 0 bridgehead atoms. The van der Waals surface area contributed by atoms with E-state index in [2.05, 4.69) is 20.0 Å². The van der Waals surface area contributed by atoms with E-state index in [9.17, 15) is 13.2 Å². The Hall–Kier alpha value is -2.88. The van der Waals surface area contributed by atoms with E-state index in [1.54, 1.807) is 19.9 Å². The van der Waals surface area contributed by atoms with Gasteiger partial charge < -0.3 is 10.1 Å². The average molecular weight is 523 g/mol. The molecule has 0 fully saturated rings. The highest BCUT2D eigenvalue weighted by Gasteiger charge is 2.18. The summed E-state index contributed by atoms with van der Waals surface area (Å²) >= 11 is 12.5. The molecular weight excluding hydrogens is 499 g/mol. The maximum atomic E-state index is 12.7. The summed E-state index contributed by atoms with van der Waals surface area (Å²) in [6.45, 7) is 6.01. The van der Waals surface area contributed by atoms with Crippen LogP contribution >= 0.6 is 23.2 Å². The number of nitrogens with zero attached hydrogens (tertiary/aromatic N) is 2.